The quantitative estimate of drug-likeness (QED) is 0.195. The Morgan fingerprint density at radius 3 is 2.74 bits per heavy atom. The molecule has 0 atom stereocenters. The maximum Gasteiger partial charge on any atom is 0.227 e. The Bertz CT molecular complexity index is 1190. The molecular weight excluding hydrogens is 634 g/mol. The highest BCUT2D eigenvalue weighted by Crippen LogP contribution is 2.29. The predicted molar refractivity (Wildman–Crippen MR) is 128 cm³/mol. The second-order valence-corrected chi connectivity index (χ2v) is 9.09. The lowest BCUT2D eigenvalue weighted by Gasteiger charge is -2.02. The molecule has 3 aromatic carbocycles. The summed E-state index contributed by atoms with van der Waals surface area (Å²) in [6.45, 7) is 0. The number of aromatic hydroxyl groups is 1. The van der Waals surface area contributed by atoms with Gasteiger partial charge in [0.05, 0.1) is 9.26 Å². The van der Waals surface area contributed by atoms with Gasteiger partial charge in [-0.05, 0) is 87.6 Å². The zero-order valence-corrected chi connectivity index (χ0v) is 19.6. The zero-order valence-electron chi connectivity index (χ0n) is 13.7. The molecular formula is C20H11BrI2N2O2. The van der Waals surface area contributed by atoms with Crippen molar-refractivity contribution >= 4 is 84.1 Å². The molecule has 27 heavy (non-hydrogen) atoms. The first-order valence-electron chi connectivity index (χ1n) is 7.88. The Balaban J connectivity index is 1.68. The van der Waals surface area contributed by atoms with Crippen LogP contribution in [0.15, 0.2) is 68.5 Å². The molecule has 1 aromatic heterocycles. The van der Waals surface area contributed by atoms with Crippen molar-refractivity contribution in [3.8, 4) is 17.2 Å². The van der Waals surface area contributed by atoms with Gasteiger partial charge in [0.25, 0.3) is 0 Å². The number of nitrogens with zero attached hydrogens (tertiary/aromatic N) is 2. The van der Waals surface area contributed by atoms with E-state index < -0.39 is 0 Å². The summed E-state index contributed by atoms with van der Waals surface area (Å²) in [6.07, 6.45) is 1.66. The summed E-state index contributed by atoms with van der Waals surface area (Å²) < 4.78 is 8.72. The van der Waals surface area contributed by atoms with Gasteiger partial charge in [0, 0.05) is 31.5 Å². The van der Waals surface area contributed by atoms with Crippen LogP contribution in [-0.4, -0.2) is 16.3 Å². The minimum atomic E-state index is 0.234. The number of phenols is 1. The minimum absolute atomic E-state index is 0.234. The number of benzene rings is 3. The number of phenolic OH excluding ortho intramolecular Hbond substituents is 1. The van der Waals surface area contributed by atoms with Crippen molar-refractivity contribution in [2.75, 3.05) is 0 Å². The van der Waals surface area contributed by atoms with Crippen LogP contribution in [0.3, 0.4) is 0 Å². The normalized spacial score (nSPS) is 11.5. The fourth-order valence-corrected chi connectivity index (χ4v) is 4.86. The van der Waals surface area contributed by atoms with Crippen molar-refractivity contribution in [1.82, 2.24) is 4.98 Å². The molecule has 0 aliphatic heterocycles. The van der Waals surface area contributed by atoms with Crippen LogP contribution in [0.1, 0.15) is 5.56 Å². The molecule has 134 valence electrons. The number of aromatic nitrogens is 1. The monoisotopic (exact) mass is 644 g/mol. The Hall–Kier alpha value is -1.46. The number of fused-ring (bicyclic) bond motifs is 1. The van der Waals surface area contributed by atoms with Gasteiger partial charge in [-0.1, -0.05) is 22.0 Å². The summed E-state index contributed by atoms with van der Waals surface area (Å²) in [7, 11) is 0. The molecule has 0 amide bonds. The van der Waals surface area contributed by atoms with E-state index in [0.29, 0.717) is 17.0 Å². The van der Waals surface area contributed by atoms with E-state index in [1.807, 2.05) is 54.6 Å². The van der Waals surface area contributed by atoms with Crippen molar-refractivity contribution in [2.24, 2.45) is 4.99 Å². The molecule has 0 radical (unpaired) electrons. The number of hydrogen-bond donors (Lipinski definition) is 1. The average molecular weight is 645 g/mol. The highest BCUT2D eigenvalue weighted by molar-refractivity contribution is 14.1. The minimum Gasteiger partial charge on any atom is -0.506 e. The summed E-state index contributed by atoms with van der Waals surface area (Å²) in [6, 6.07) is 17.2. The lowest BCUT2D eigenvalue weighted by Crippen LogP contribution is -1.87. The third-order valence-corrected chi connectivity index (χ3v) is 5.79. The van der Waals surface area contributed by atoms with Crippen molar-refractivity contribution in [1.29, 1.82) is 0 Å². The smallest absolute Gasteiger partial charge is 0.227 e. The first-order valence-corrected chi connectivity index (χ1v) is 10.8. The molecule has 1 heterocycles. The maximum absolute atomic E-state index is 10.2. The first kappa shape index (κ1) is 18.9. The van der Waals surface area contributed by atoms with Gasteiger partial charge in [0.2, 0.25) is 5.89 Å². The number of aliphatic imine (C=N–C) groups is 1. The Morgan fingerprint density at radius 1 is 1.07 bits per heavy atom. The van der Waals surface area contributed by atoms with Crippen LogP contribution in [0, 0.1) is 7.14 Å². The lowest BCUT2D eigenvalue weighted by atomic mass is 10.2. The van der Waals surface area contributed by atoms with E-state index in [0.717, 1.165) is 28.4 Å². The molecule has 0 bridgehead atoms. The lowest BCUT2D eigenvalue weighted by molar-refractivity contribution is 0.470. The highest BCUT2D eigenvalue weighted by Gasteiger charge is 2.09. The highest BCUT2D eigenvalue weighted by atomic mass is 127. The van der Waals surface area contributed by atoms with Gasteiger partial charge < -0.3 is 9.52 Å². The van der Waals surface area contributed by atoms with Crippen LogP contribution in [0.4, 0.5) is 5.69 Å². The molecule has 4 rings (SSSR count). The van der Waals surface area contributed by atoms with Gasteiger partial charge >= 0.3 is 0 Å². The van der Waals surface area contributed by atoms with Gasteiger partial charge in [-0.15, -0.1) is 0 Å². The van der Waals surface area contributed by atoms with Crippen LogP contribution in [0.25, 0.3) is 22.6 Å². The summed E-state index contributed by atoms with van der Waals surface area (Å²) >= 11 is 7.79. The van der Waals surface area contributed by atoms with E-state index in [-0.39, 0.29) is 5.75 Å². The summed E-state index contributed by atoms with van der Waals surface area (Å²) in [5.74, 6) is 0.801. The van der Waals surface area contributed by atoms with E-state index in [9.17, 15) is 5.11 Å². The standard InChI is InChI=1S/C20H11BrI2N2O2/c21-13-3-1-2-11(6-13)20-25-17-5-4-15(9-18(17)27-20)24-10-12-7-14(22)8-16(23)19(12)26/h1-10,26H. The Morgan fingerprint density at radius 2 is 1.93 bits per heavy atom. The van der Waals surface area contributed by atoms with Crippen molar-refractivity contribution in [3.63, 3.8) is 0 Å². The van der Waals surface area contributed by atoms with E-state index in [4.69, 9.17) is 4.42 Å². The van der Waals surface area contributed by atoms with Gasteiger partial charge in [-0.2, -0.15) is 0 Å². The van der Waals surface area contributed by atoms with Crippen LogP contribution in [0.2, 0.25) is 0 Å². The third-order valence-electron chi connectivity index (χ3n) is 3.85. The maximum atomic E-state index is 10.2. The van der Waals surface area contributed by atoms with E-state index >= 15 is 0 Å². The van der Waals surface area contributed by atoms with E-state index in [1.54, 1.807) is 6.21 Å². The molecule has 0 aliphatic carbocycles. The van der Waals surface area contributed by atoms with Gasteiger partial charge in [0.15, 0.2) is 5.58 Å². The largest absolute Gasteiger partial charge is 0.506 e. The average Bonchev–Trinajstić information content (AvgIpc) is 3.07. The molecule has 0 spiro atoms. The Kier molecular flexibility index (Phi) is 5.51. The zero-order chi connectivity index (χ0) is 19.0. The summed E-state index contributed by atoms with van der Waals surface area (Å²) in [5, 5.41) is 10.2. The van der Waals surface area contributed by atoms with Crippen LogP contribution in [-0.2, 0) is 0 Å². The fraction of sp³-hybridized carbons (Fsp3) is 0. The molecule has 0 saturated carbocycles. The van der Waals surface area contributed by atoms with Gasteiger partial charge in [-0.25, -0.2) is 4.98 Å². The van der Waals surface area contributed by atoms with Crippen molar-refractivity contribution < 1.29 is 9.52 Å². The second-order valence-electron chi connectivity index (χ2n) is 5.77. The number of oxazole rings is 1. The second kappa shape index (κ2) is 7.88. The summed E-state index contributed by atoms with van der Waals surface area (Å²) in [5.41, 5.74) is 3.76. The molecule has 0 saturated heterocycles. The van der Waals surface area contributed by atoms with Crippen LogP contribution >= 0.6 is 61.1 Å². The molecule has 4 aromatic rings. The topological polar surface area (TPSA) is 58.6 Å². The fourth-order valence-electron chi connectivity index (χ4n) is 2.57. The first-order chi connectivity index (χ1) is 13.0. The molecule has 0 aliphatic rings. The SMILES string of the molecule is Oc1c(I)cc(I)cc1C=Nc1ccc2nc(-c3cccc(Br)c3)oc2c1. The predicted octanol–water partition coefficient (Wildman–Crippen LogP) is 6.92. The van der Waals surface area contributed by atoms with E-state index in [2.05, 4.69) is 71.1 Å². The van der Waals surface area contributed by atoms with Gasteiger partial charge in [0.1, 0.15) is 11.3 Å². The summed E-state index contributed by atoms with van der Waals surface area (Å²) in [4.78, 5) is 9.02. The molecule has 1 N–H and O–H groups in total. The number of halogens is 3. The third kappa shape index (κ3) is 4.19. The van der Waals surface area contributed by atoms with Crippen molar-refractivity contribution in [2.45, 2.75) is 0 Å². The molecule has 0 fully saturated rings. The molecule has 0 unspecified atom stereocenters. The van der Waals surface area contributed by atoms with Gasteiger partial charge in [-0.3, -0.25) is 4.99 Å². The van der Waals surface area contributed by atoms with Crippen LogP contribution < -0.4 is 0 Å². The number of hydrogen-bond acceptors (Lipinski definition) is 4. The van der Waals surface area contributed by atoms with Crippen molar-refractivity contribution in [3.05, 3.63) is 71.8 Å². The Labute approximate surface area is 191 Å². The number of rotatable bonds is 3. The molecule has 7 heteroatoms. The van der Waals surface area contributed by atoms with Crippen LogP contribution in [0.5, 0.6) is 5.75 Å². The van der Waals surface area contributed by atoms with E-state index in [1.165, 1.54) is 0 Å². The molecule has 4 nitrogen and oxygen atoms in total.